The lowest BCUT2D eigenvalue weighted by Gasteiger charge is -2.05. The molecule has 3 nitrogen and oxygen atoms in total. The van der Waals surface area contributed by atoms with Gasteiger partial charge in [-0.25, -0.2) is 0 Å². The summed E-state index contributed by atoms with van der Waals surface area (Å²) >= 11 is 1.50. The van der Waals surface area contributed by atoms with Gasteiger partial charge in [0.25, 0.3) is 0 Å². The molecule has 1 aromatic heterocycles. The van der Waals surface area contributed by atoms with E-state index in [0.29, 0.717) is 11.5 Å². The Morgan fingerprint density at radius 2 is 1.75 bits per heavy atom. The summed E-state index contributed by atoms with van der Waals surface area (Å²) in [6.07, 6.45) is 3.34. The van der Waals surface area contributed by atoms with Crippen LogP contribution in [0.1, 0.15) is 20.1 Å². The number of carbonyl (C=O) groups excluding carboxylic acids is 1. The maximum absolute atomic E-state index is 12.0. The molecule has 0 aliphatic heterocycles. The first-order chi connectivity index (χ1) is 9.62. The lowest BCUT2D eigenvalue weighted by Crippen LogP contribution is -1.90. The van der Waals surface area contributed by atoms with Crippen LogP contribution in [0.15, 0.2) is 36.4 Å². The van der Waals surface area contributed by atoms with Crippen molar-refractivity contribution in [3.8, 4) is 11.5 Å². The van der Waals surface area contributed by atoms with Gasteiger partial charge < -0.3 is 9.47 Å². The topological polar surface area (TPSA) is 35.5 Å². The molecule has 0 spiro atoms. The monoisotopic (exact) mass is 288 g/mol. The zero-order valence-corrected chi connectivity index (χ0v) is 12.5. The van der Waals surface area contributed by atoms with Crippen LogP contribution >= 0.6 is 11.3 Å². The van der Waals surface area contributed by atoms with E-state index in [1.54, 1.807) is 32.4 Å². The highest BCUT2D eigenvalue weighted by Crippen LogP contribution is 2.23. The number of ketones is 1. The number of thiophene rings is 1. The summed E-state index contributed by atoms with van der Waals surface area (Å²) < 4.78 is 10.4. The number of hydrogen-bond donors (Lipinski definition) is 0. The van der Waals surface area contributed by atoms with Crippen LogP contribution in [0.4, 0.5) is 0 Å². The maximum Gasteiger partial charge on any atom is 0.195 e. The minimum absolute atomic E-state index is 0.00452. The maximum atomic E-state index is 12.0. The Balaban J connectivity index is 2.20. The van der Waals surface area contributed by atoms with Gasteiger partial charge in [-0.15, -0.1) is 11.3 Å². The fraction of sp³-hybridized carbons (Fsp3) is 0.188. The van der Waals surface area contributed by atoms with Gasteiger partial charge >= 0.3 is 0 Å². The first-order valence-electron chi connectivity index (χ1n) is 6.14. The molecule has 0 radical (unpaired) electrons. The molecule has 0 aliphatic carbocycles. The number of rotatable bonds is 5. The van der Waals surface area contributed by atoms with Gasteiger partial charge in [-0.1, -0.05) is 6.08 Å². The normalized spacial score (nSPS) is 10.8. The smallest absolute Gasteiger partial charge is 0.195 e. The van der Waals surface area contributed by atoms with Crippen molar-refractivity contribution in [1.29, 1.82) is 0 Å². The molecule has 104 valence electrons. The lowest BCUT2D eigenvalue weighted by molar-refractivity contribution is 0.105. The molecule has 0 unspecified atom stereocenters. The van der Waals surface area contributed by atoms with E-state index in [9.17, 15) is 4.79 Å². The summed E-state index contributed by atoms with van der Waals surface area (Å²) in [5, 5.41) is 0. The van der Waals surface area contributed by atoms with Gasteiger partial charge in [-0.2, -0.15) is 0 Å². The van der Waals surface area contributed by atoms with Gasteiger partial charge in [-0.05, 0) is 42.8 Å². The van der Waals surface area contributed by atoms with E-state index in [-0.39, 0.29) is 5.78 Å². The van der Waals surface area contributed by atoms with Gasteiger partial charge in [0.2, 0.25) is 0 Å². The van der Waals surface area contributed by atoms with Crippen LogP contribution < -0.4 is 9.47 Å². The van der Waals surface area contributed by atoms with E-state index in [4.69, 9.17) is 9.47 Å². The predicted molar refractivity (Wildman–Crippen MR) is 82.0 cm³/mol. The zero-order chi connectivity index (χ0) is 14.5. The third-order valence-corrected chi connectivity index (χ3v) is 3.80. The Labute approximate surface area is 122 Å². The fourth-order valence-electron chi connectivity index (χ4n) is 1.75. The third-order valence-electron chi connectivity index (χ3n) is 2.78. The van der Waals surface area contributed by atoms with Gasteiger partial charge in [0, 0.05) is 10.9 Å². The van der Waals surface area contributed by atoms with E-state index >= 15 is 0 Å². The zero-order valence-electron chi connectivity index (χ0n) is 11.7. The van der Waals surface area contributed by atoms with E-state index in [0.717, 1.165) is 15.3 Å². The van der Waals surface area contributed by atoms with Crippen molar-refractivity contribution < 1.29 is 14.3 Å². The molecule has 2 rings (SSSR count). The molecule has 2 aromatic rings. The molecule has 0 N–H and O–H groups in total. The minimum atomic E-state index is 0.00452. The quantitative estimate of drug-likeness (QED) is 0.617. The first-order valence-corrected chi connectivity index (χ1v) is 6.96. The fourth-order valence-corrected chi connectivity index (χ4v) is 2.53. The van der Waals surface area contributed by atoms with E-state index in [2.05, 4.69) is 0 Å². The summed E-state index contributed by atoms with van der Waals surface area (Å²) in [7, 11) is 3.20. The van der Waals surface area contributed by atoms with Crippen LogP contribution in [0.2, 0.25) is 0 Å². The second-order valence-electron chi connectivity index (χ2n) is 4.25. The van der Waals surface area contributed by atoms with Crippen LogP contribution in [0.5, 0.6) is 11.5 Å². The second kappa shape index (κ2) is 6.39. The summed E-state index contributed by atoms with van der Waals surface area (Å²) in [6, 6.07) is 9.29. The van der Waals surface area contributed by atoms with Crippen molar-refractivity contribution in [1.82, 2.24) is 0 Å². The number of aryl methyl sites for hydroxylation is 1. The number of allylic oxidation sites excluding steroid dienone is 1. The van der Waals surface area contributed by atoms with Crippen LogP contribution in [0.25, 0.3) is 6.08 Å². The predicted octanol–water partition coefficient (Wildman–Crippen LogP) is 3.97. The van der Waals surface area contributed by atoms with Crippen LogP contribution in [0.3, 0.4) is 0 Å². The molecular formula is C16H16O3S. The Morgan fingerprint density at radius 1 is 1.10 bits per heavy atom. The third kappa shape index (κ3) is 3.48. The van der Waals surface area contributed by atoms with E-state index in [1.807, 2.05) is 31.2 Å². The van der Waals surface area contributed by atoms with Gasteiger partial charge in [0.15, 0.2) is 5.78 Å². The molecule has 0 bridgehead atoms. The van der Waals surface area contributed by atoms with Crippen molar-refractivity contribution in [3.05, 3.63) is 51.7 Å². The van der Waals surface area contributed by atoms with E-state index < -0.39 is 0 Å². The van der Waals surface area contributed by atoms with Crippen LogP contribution in [-0.2, 0) is 0 Å². The highest BCUT2D eigenvalue weighted by molar-refractivity contribution is 7.14. The van der Waals surface area contributed by atoms with Crippen LogP contribution in [0, 0.1) is 6.92 Å². The largest absolute Gasteiger partial charge is 0.497 e. The molecule has 1 heterocycles. The number of hydrogen-bond acceptors (Lipinski definition) is 4. The molecule has 4 heteroatoms. The van der Waals surface area contributed by atoms with E-state index in [1.165, 1.54) is 11.3 Å². The van der Waals surface area contributed by atoms with Gasteiger partial charge in [0.05, 0.1) is 19.1 Å². The number of carbonyl (C=O) groups is 1. The van der Waals surface area contributed by atoms with Crippen molar-refractivity contribution in [2.45, 2.75) is 6.92 Å². The molecule has 0 fully saturated rings. The second-order valence-corrected chi connectivity index (χ2v) is 5.54. The molecule has 1 aromatic carbocycles. The average Bonchev–Trinajstić information content (AvgIpc) is 2.91. The SMILES string of the molecule is COc1cc(/C=C/C(=O)c2ccc(C)s2)cc(OC)c1. The Morgan fingerprint density at radius 3 is 2.25 bits per heavy atom. The van der Waals surface area contributed by atoms with Crippen molar-refractivity contribution >= 4 is 23.2 Å². The molecule has 0 saturated heterocycles. The number of methoxy groups -OCH3 is 2. The summed E-state index contributed by atoms with van der Waals surface area (Å²) in [4.78, 5) is 13.9. The standard InChI is InChI=1S/C16H16O3S/c1-11-4-7-16(20-11)15(17)6-5-12-8-13(18-2)10-14(9-12)19-3/h4-10H,1-3H3/b6-5+. The molecular weight excluding hydrogens is 272 g/mol. The van der Waals surface area contributed by atoms with Gasteiger partial charge in [-0.3, -0.25) is 4.79 Å². The Bertz CT molecular complexity index is 619. The molecule has 0 amide bonds. The Kier molecular flexibility index (Phi) is 4.58. The van der Waals surface area contributed by atoms with Crippen LogP contribution in [-0.4, -0.2) is 20.0 Å². The molecule has 0 saturated carbocycles. The molecule has 0 atom stereocenters. The minimum Gasteiger partial charge on any atom is -0.497 e. The molecule has 20 heavy (non-hydrogen) atoms. The lowest BCUT2D eigenvalue weighted by atomic mass is 10.1. The number of ether oxygens (including phenoxy) is 2. The number of benzene rings is 1. The van der Waals surface area contributed by atoms with Crippen molar-refractivity contribution in [2.75, 3.05) is 14.2 Å². The molecule has 0 aliphatic rings. The van der Waals surface area contributed by atoms with Crippen molar-refractivity contribution in [3.63, 3.8) is 0 Å². The summed E-state index contributed by atoms with van der Waals surface area (Å²) in [6.45, 7) is 1.98. The van der Waals surface area contributed by atoms with Gasteiger partial charge in [0.1, 0.15) is 11.5 Å². The summed E-state index contributed by atoms with van der Waals surface area (Å²) in [5.41, 5.74) is 0.864. The highest BCUT2D eigenvalue weighted by atomic mass is 32.1. The Hall–Kier alpha value is -2.07. The summed E-state index contributed by atoms with van der Waals surface area (Å²) in [5.74, 6) is 1.40. The average molecular weight is 288 g/mol. The van der Waals surface area contributed by atoms with Crippen molar-refractivity contribution in [2.24, 2.45) is 0 Å². The first kappa shape index (κ1) is 14.3. The highest BCUT2D eigenvalue weighted by Gasteiger charge is 2.05.